The van der Waals surface area contributed by atoms with Crippen molar-refractivity contribution in [2.24, 2.45) is 0 Å². The van der Waals surface area contributed by atoms with Crippen LogP contribution in [0, 0.1) is 34.6 Å². The van der Waals surface area contributed by atoms with Crippen molar-refractivity contribution >= 4 is 0 Å². The van der Waals surface area contributed by atoms with Gasteiger partial charge in [0.05, 0.1) is 0 Å². The summed E-state index contributed by atoms with van der Waals surface area (Å²) in [5.74, 6) is 0.282. The maximum Gasteiger partial charge on any atom is 0.0342 e. The number of benzene rings is 3. The van der Waals surface area contributed by atoms with Crippen molar-refractivity contribution in [1.82, 2.24) is 0 Å². The first-order chi connectivity index (χ1) is 11.5. The molecular formula is C24H26. The van der Waals surface area contributed by atoms with Crippen LogP contribution in [-0.2, 0) is 0 Å². The molecule has 24 heavy (non-hydrogen) atoms. The third-order valence-electron chi connectivity index (χ3n) is 4.95. The molecule has 0 aromatic heterocycles. The molecule has 0 saturated heterocycles. The Balaban J connectivity index is 2.25. The van der Waals surface area contributed by atoms with E-state index in [-0.39, 0.29) is 5.92 Å². The Bertz CT molecular complexity index is 854. The predicted octanol–water partition coefficient (Wildman–Crippen LogP) is 6.41. The van der Waals surface area contributed by atoms with Crippen molar-refractivity contribution in [2.45, 2.75) is 40.5 Å². The summed E-state index contributed by atoms with van der Waals surface area (Å²) in [6.45, 7) is 11.0. The molecule has 3 rings (SSSR count). The summed E-state index contributed by atoms with van der Waals surface area (Å²) in [5, 5.41) is 0. The maximum atomic E-state index is 2.36. The normalized spacial score (nSPS) is 12.2. The van der Waals surface area contributed by atoms with E-state index in [1.165, 1.54) is 44.5 Å². The summed E-state index contributed by atoms with van der Waals surface area (Å²) in [6.07, 6.45) is 0. The quantitative estimate of drug-likeness (QED) is 0.490. The molecule has 3 aromatic carbocycles. The number of rotatable bonds is 3. The molecular weight excluding hydrogens is 288 g/mol. The van der Waals surface area contributed by atoms with Crippen molar-refractivity contribution in [2.75, 3.05) is 0 Å². The molecule has 0 fully saturated rings. The fraction of sp³-hybridized carbons (Fsp3) is 0.250. The monoisotopic (exact) mass is 314 g/mol. The summed E-state index contributed by atoms with van der Waals surface area (Å²) >= 11 is 0. The molecule has 122 valence electrons. The van der Waals surface area contributed by atoms with Crippen molar-refractivity contribution < 1.29 is 0 Å². The van der Waals surface area contributed by atoms with E-state index in [4.69, 9.17) is 0 Å². The molecule has 3 aromatic rings. The van der Waals surface area contributed by atoms with Gasteiger partial charge >= 0.3 is 0 Å². The molecule has 0 aliphatic carbocycles. The topological polar surface area (TPSA) is 0 Å². The van der Waals surface area contributed by atoms with Crippen LogP contribution in [-0.4, -0.2) is 0 Å². The highest BCUT2D eigenvalue weighted by Crippen LogP contribution is 2.35. The average molecular weight is 314 g/mol. The summed E-state index contributed by atoms with van der Waals surface area (Å²) in [6, 6.07) is 22.5. The van der Waals surface area contributed by atoms with Gasteiger partial charge in [-0.3, -0.25) is 0 Å². The molecule has 0 heterocycles. The molecule has 0 radical (unpaired) electrons. The van der Waals surface area contributed by atoms with E-state index < -0.39 is 0 Å². The second-order valence-electron chi connectivity index (χ2n) is 7.05. The molecule has 0 spiro atoms. The molecule has 1 atom stereocenters. The molecule has 0 aliphatic rings. The Labute approximate surface area is 146 Å². The van der Waals surface area contributed by atoms with Crippen LogP contribution in [0.1, 0.15) is 50.4 Å². The zero-order valence-electron chi connectivity index (χ0n) is 15.4. The number of aryl methyl sites for hydroxylation is 4. The predicted molar refractivity (Wildman–Crippen MR) is 104 cm³/mol. The highest BCUT2D eigenvalue weighted by atomic mass is 14.2. The van der Waals surface area contributed by atoms with E-state index in [1.54, 1.807) is 0 Å². The first kappa shape index (κ1) is 16.5. The van der Waals surface area contributed by atoms with Crippen LogP contribution in [0.2, 0.25) is 0 Å². The van der Waals surface area contributed by atoms with Gasteiger partial charge in [-0.2, -0.15) is 0 Å². The van der Waals surface area contributed by atoms with Crippen molar-refractivity contribution in [1.29, 1.82) is 0 Å². The van der Waals surface area contributed by atoms with Crippen LogP contribution in [0.3, 0.4) is 0 Å². The van der Waals surface area contributed by atoms with Crippen molar-refractivity contribution in [3.8, 4) is 0 Å². The summed E-state index contributed by atoms with van der Waals surface area (Å²) in [5.41, 5.74) is 10.9. The first-order valence-corrected chi connectivity index (χ1v) is 8.66. The molecule has 0 saturated carbocycles. The average Bonchev–Trinajstić information content (AvgIpc) is 2.54. The molecule has 0 heteroatoms. The minimum Gasteiger partial charge on any atom is -0.0617 e. The van der Waals surface area contributed by atoms with Gasteiger partial charge in [0.2, 0.25) is 0 Å². The van der Waals surface area contributed by atoms with Gasteiger partial charge < -0.3 is 0 Å². The molecule has 0 bridgehead atoms. The van der Waals surface area contributed by atoms with Gasteiger partial charge in [0.15, 0.2) is 0 Å². The van der Waals surface area contributed by atoms with Gasteiger partial charge in [-0.25, -0.2) is 0 Å². The highest BCUT2D eigenvalue weighted by Gasteiger charge is 2.20. The second kappa shape index (κ2) is 6.65. The van der Waals surface area contributed by atoms with E-state index in [0.29, 0.717) is 0 Å². The Morgan fingerprint density at radius 1 is 0.583 bits per heavy atom. The number of hydrogen-bond donors (Lipinski definition) is 0. The van der Waals surface area contributed by atoms with E-state index in [2.05, 4.69) is 95.3 Å². The van der Waals surface area contributed by atoms with Gasteiger partial charge in [0.25, 0.3) is 0 Å². The maximum absolute atomic E-state index is 2.36. The van der Waals surface area contributed by atoms with Crippen LogP contribution < -0.4 is 0 Å². The SMILES string of the molecule is Cc1ccc(C(c2cccc(C)c2)c2cc(C)cc(C)c2C)cc1. The van der Waals surface area contributed by atoms with E-state index in [9.17, 15) is 0 Å². The summed E-state index contributed by atoms with van der Waals surface area (Å²) in [4.78, 5) is 0. The van der Waals surface area contributed by atoms with Crippen LogP contribution in [0.5, 0.6) is 0 Å². The molecule has 0 N–H and O–H groups in total. The van der Waals surface area contributed by atoms with E-state index in [1.807, 2.05) is 0 Å². The lowest BCUT2D eigenvalue weighted by Gasteiger charge is -2.23. The lowest BCUT2D eigenvalue weighted by Crippen LogP contribution is -2.07. The van der Waals surface area contributed by atoms with Gasteiger partial charge in [-0.15, -0.1) is 0 Å². The van der Waals surface area contributed by atoms with Gasteiger partial charge in [-0.05, 0) is 62.4 Å². The standard InChI is InChI=1S/C24H26/c1-16-9-11-21(12-10-16)24(22-8-6-7-17(2)14-22)23-15-18(3)13-19(4)20(23)5/h6-15,24H,1-5H3. The third-order valence-corrected chi connectivity index (χ3v) is 4.95. The lowest BCUT2D eigenvalue weighted by atomic mass is 9.81. The summed E-state index contributed by atoms with van der Waals surface area (Å²) in [7, 11) is 0. The van der Waals surface area contributed by atoms with Gasteiger partial charge in [-0.1, -0.05) is 77.4 Å². The molecule has 0 aliphatic heterocycles. The van der Waals surface area contributed by atoms with Crippen molar-refractivity contribution in [3.05, 3.63) is 105 Å². The Morgan fingerprint density at radius 2 is 1.29 bits per heavy atom. The smallest absolute Gasteiger partial charge is 0.0342 e. The van der Waals surface area contributed by atoms with Crippen LogP contribution in [0.25, 0.3) is 0 Å². The first-order valence-electron chi connectivity index (χ1n) is 8.66. The fourth-order valence-corrected chi connectivity index (χ4v) is 3.53. The number of hydrogen-bond acceptors (Lipinski definition) is 0. The van der Waals surface area contributed by atoms with Crippen LogP contribution >= 0.6 is 0 Å². The summed E-state index contributed by atoms with van der Waals surface area (Å²) < 4.78 is 0. The van der Waals surface area contributed by atoms with Gasteiger partial charge in [0, 0.05) is 5.92 Å². The molecule has 1 unspecified atom stereocenters. The third kappa shape index (κ3) is 3.28. The molecule has 0 nitrogen and oxygen atoms in total. The van der Waals surface area contributed by atoms with Gasteiger partial charge in [0.1, 0.15) is 0 Å². The zero-order chi connectivity index (χ0) is 17.3. The second-order valence-corrected chi connectivity index (χ2v) is 7.05. The van der Waals surface area contributed by atoms with Crippen molar-refractivity contribution in [3.63, 3.8) is 0 Å². The van der Waals surface area contributed by atoms with E-state index in [0.717, 1.165) is 0 Å². The highest BCUT2D eigenvalue weighted by molar-refractivity contribution is 5.50. The van der Waals surface area contributed by atoms with Crippen LogP contribution in [0.4, 0.5) is 0 Å². The Hall–Kier alpha value is -2.34. The fourth-order valence-electron chi connectivity index (χ4n) is 3.53. The zero-order valence-corrected chi connectivity index (χ0v) is 15.4. The molecule has 0 amide bonds. The Kier molecular flexibility index (Phi) is 4.57. The van der Waals surface area contributed by atoms with Crippen LogP contribution in [0.15, 0.2) is 60.7 Å². The Morgan fingerprint density at radius 3 is 1.96 bits per heavy atom. The largest absolute Gasteiger partial charge is 0.0617 e. The minimum absolute atomic E-state index is 0.282. The van der Waals surface area contributed by atoms with E-state index >= 15 is 0 Å². The minimum atomic E-state index is 0.282. The lowest BCUT2D eigenvalue weighted by molar-refractivity contribution is 0.950.